The van der Waals surface area contributed by atoms with Gasteiger partial charge in [0.2, 0.25) is 0 Å². The first kappa shape index (κ1) is 11.6. The highest BCUT2D eigenvalue weighted by atomic mass is 79.9. The zero-order valence-electron chi connectivity index (χ0n) is 5.58. The van der Waals surface area contributed by atoms with E-state index >= 15 is 0 Å². The van der Waals surface area contributed by atoms with E-state index in [-0.39, 0.29) is 0 Å². The van der Waals surface area contributed by atoms with Gasteiger partial charge in [-0.05, 0) is 12.8 Å². The van der Waals surface area contributed by atoms with Crippen molar-refractivity contribution in [3.05, 3.63) is 0 Å². The van der Waals surface area contributed by atoms with Crippen molar-refractivity contribution in [2.45, 2.75) is 26.7 Å². The Labute approximate surface area is 65.7 Å². The fourth-order valence-corrected chi connectivity index (χ4v) is 0. The van der Waals surface area contributed by atoms with Gasteiger partial charge in [0.05, 0.1) is 0 Å². The number of alkyl halides is 2. The Morgan fingerprint density at radius 1 is 1.25 bits per heavy atom. The van der Waals surface area contributed by atoms with Gasteiger partial charge < -0.3 is 0 Å². The van der Waals surface area contributed by atoms with Crippen LogP contribution < -0.4 is 0 Å². The summed E-state index contributed by atoms with van der Waals surface area (Å²) in [5.74, 6) is 0.792. The van der Waals surface area contributed by atoms with Gasteiger partial charge in [0.25, 0.3) is 0 Å². The molecule has 0 unspecified atom stereocenters. The van der Waals surface area contributed by atoms with Crippen LogP contribution in [0.4, 0.5) is 0 Å². The summed E-state index contributed by atoms with van der Waals surface area (Å²) < 4.78 is 0. The molecule has 0 atom stereocenters. The molecule has 8 heavy (non-hydrogen) atoms. The van der Waals surface area contributed by atoms with Crippen LogP contribution in [0.25, 0.3) is 0 Å². The zero-order chi connectivity index (χ0) is 6.83. The van der Waals surface area contributed by atoms with Crippen LogP contribution in [0.15, 0.2) is 0 Å². The SMILES string of the molecule is CCCBr.CCCCl. The van der Waals surface area contributed by atoms with Crippen molar-refractivity contribution in [3.8, 4) is 0 Å². The number of halogens is 2. The van der Waals surface area contributed by atoms with Crippen LogP contribution in [0, 0.1) is 0 Å². The van der Waals surface area contributed by atoms with Gasteiger partial charge in [-0.3, -0.25) is 0 Å². The average molecular weight is 202 g/mol. The molecule has 0 saturated carbocycles. The third-order valence-corrected chi connectivity index (χ3v) is 1.55. The van der Waals surface area contributed by atoms with E-state index in [1.54, 1.807) is 0 Å². The second-order valence-electron chi connectivity index (χ2n) is 1.38. The molecule has 0 aromatic heterocycles. The van der Waals surface area contributed by atoms with Gasteiger partial charge in [-0.15, -0.1) is 11.6 Å². The van der Waals surface area contributed by atoms with Gasteiger partial charge in [0, 0.05) is 11.2 Å². The van der Waals surface area contributed by atoms with Crippen LogP contribution in [0.5, 0.6) is 0 Å². The highest BCUT2D eigenvalue weighted by Gasteiger charge is 1.59. The predicted octanol–water partition coefficient (Wildman–Crippen LogP) is 3.43. The van der Waals surface area contributed by atoms with Gasteiger partial charge in [-0.1, -0.05) is 29.8 Å². The molecule has 52 valence electrons. The molecule has 0 aliphatic carbocycles. The third-order valence-electron chi connectivity index (χ3n) is 0.378. The molecule has 0 nitrogen and oxygen atoms in total. The predicted molar refractivity (Wildman–Crippen MR) is 45.1 cm³/mol. The maximum atomic E-state index is 5.19. The van der Waals surface area contributed by atoms with Gasteiger partial charge in [-0.2, -0.15) is 0 Å². The summed E-state index contributed by atoms with van der Waals surface area (Å²) in [6, 6.07) is 0. The Morgan fingerprint density at radius 3 is 1.50 bits per heavy atom. The number of hydrogen-bond acceptors (Lipinski definition) is 0. The molecule has 0 fully saturated rings. The van der Waals surface area contributed by atoms with Crippen molar-refractivity contribution in [2.75, 3.05) is 11.2 Å². The molecule has 0 aliphatic heterocycles. The van der Waals surface area contributed by atoms with Crippen molar-refractivity contribution in [2.24, 2.45) is 0 Å². The van der Waals surface area contributed by atoms with Crippen LogP contribution in [0.2, 0.25) is 0 Å². The molecule has 0 heterocycles. The Balaban J connectivity index is 0. The van der Waals surface area contributed by atoms with E-state index < -0.39 is 0 Å². The molecule has 0 bridgehead atoms. The first-order valence-corrected chi connectivity index (χ1v) is 4.60. The van der Waals surface area contributed by atoms with Crippen LogP contribution >= 0.6 is 27.5 Å². The first-order valence-electron chi connectivity index (χ1n) is 2.95. The molecular weight excluding hydrogens is 187 g/mol. The van der Waals surface area contributed by atoms with Crippen molar-refractivity contribution < 1.29 is 0 Å². The maximum absolute atomic E-state index is 5.19. The molecule has 0 radical (unpaired) electrons. The minimum absolute atomic E-state index is 0.792. The van der Waals surface area contributed by atoms with Gasteiger partial charge in [0.1, 0.15) is 0 Å². The lowest BCUT2D eigenvalue weighted by Crippen LogP contribution is -1.55. The fraction of sp³-hybridized carbons (Fsp3) is 1.00. The van der Waals surface area contributed by atoms with Crippen LogP contribution in [0.1, 0.15) is 26.7 Å². The smallest absolute Gasteiger partial charge is 0.0220 e. The zero-order valence-corrected chi connectivity index (χ0v) is 7.93. The number of hydrogen-bond donors (Lipinski definition) is 0. The molecule has 0 rings (SSSR count). The maximum Gasteiger partial charge on any atom is 0.0220 e. The largest absolute Gasteiger partial charge is 0.127 e. The van der Waals surface area contributed by atoms with E-state index in [1.165, 1.54) is 6.42 Å². The summed E-state index contributed by atoms with van der Waals surface area (Å²) in [5.41, 5.74) is 0. The van der Waals surface area contributed by atoms with Gasteiger partial charge in [0.15, 0.2) is 0 Å². The monoisotopic (exact) mass is 200 g/mol. The summed E-state index contributed by atoms with van der Waals surface area (Å²) in [4.78, 5) is 0. The third kappa shape index (κ3) is 29.4. The van der Waals surface area contributed by atoms with E-state index in [2.05, 4.69) is 22.9 Å². The summed E-state index contributed by atoms with van der Waals surface area (Å²) in [5, 5.41) is 1.13. The van der Waals surface area contributed by atoms with E-state index in [0.29, 0.717) is 0 Å². The first-order chi connectivity index (χ1) is 3.83. The molecule has 0 aromatic carbocycles. The van der Waals surface area contributed by atoms with Gasteiger partial charge >= 0.3 is 0 Å². The summed E-state index contributed by atoms with van der Waals surface area (Å²) in [6.45, 7) is 4.18. The van der Waals surface area contributed by atoms with Gasteiger partial charge in [-0.25, -0.2) is 0 Å². The van der Waals surface area contributed by atoms with Crippen molar-refractivity contribution >= 4 is 27.5 Å². The molecule has 0 aromatic rings. The fourth-order valence-electron chi connectivity index (χ4n) is 0. The van der Waals surface area contributed by atoms with Crippen LogP contribution in [0.3, 0.4) is 0 Å². The molecular formula is C6H14BrCl. The van der Waals surface area contributed by atoms with E-state index in [0.717, 1.165) is 17.6 Å². The topological polar surface area (TPSA) is 0 Å². The minimum atomic E-state index is 0.792. The molecule has 0 aliphatic rings. The Hall–Kier alpha value is 0.770. The molecule has 0 spiro atoms. The lowest BCUT2D eigenvalue weighted by atomic mass is 10.6. The molecule has 2 heteroatoms. The lowest BCUT2D eigenvalue weighted by Gasteiger charge is -1.66. The normalized spacial score (nSPS) is 7.50. The summed E-state index contributed by atoms with van der Waals surface area (Å²) in [7, 11) is 0. The minimum Gasteiger partial charge on any atom is -0.127 e. The Kier molecular flexibility index (Phi) is 22.6. The van der Waals surface area contributed by atoms with E-state index in [9.17, 15) is 0 Å². The van der Waals surface area contributed by atoms with E-state index in [1.807, 2.05) is 6.92 Å². The lowest BCUT2D eigenvalue weighted by molar-refractivity contribution is 1.10. The van der Waals surface area contributed by atoms with Crippen molar-refractivity contribution in [1.29, 1.82) is 0 Å². The number of rotatable bonds is 2. The Morgan fingerprint density at radius 2 is 1.50 bits per heavy atom. The highest BCUT2D eigenvalue weighted by molar-refractivity contribution is 9.09. The van der Waals surface area contributed by atoms with Crippen LogP contribution in [-0.4, -0.2) is 11.2 Å². The Bertz CT molecular complexity index is 16.5. The quantitative estimate of drug-likeness (QED) is 0.601. The van der Waals surface area contributed by atoms with Crippen molar-refractivity contribution in [3.63, 3.8) is 0 Å². The van der Waals surface area contributed by atoms with Crippen LogP contribution in [-0.2, 0) is 0 Å². The average Bonchev–Trinajstić information content (AvgIpc) is 1.88. The highest BCUT2D eigenvalue weighted by Crippen LogP contribution is 1.80. The molecule has 0 saturated heterocycles. The van der Waals surface area contributed by atoms with Crippen molar-refractivity contribution in [1.82, 2.24) is 0 Å². The standard InChI is InChI=1S/C3H7Br.C3H7Cl/c2*1-2-3-4/h2*2-3H2,1H3. The molecule has 0 amide bonds. The second-order valence-corrected chi connectivity index (χ2v) is 2.55. The summed E-state index contributed by atoms with van der Waals surface area (Å²) in [6.07, 6.45) is 2.32. The summed E-state index contributed by atoms with van der Waals surface area (Å²) >= 11 is 8.43. The second kappa shape index (κ2) is 15.7. The molecule has 0 N–H and O–H groups in total. The van der Waals surface area contributed by atoms with E-state index in [4.69, 9.17) is 11.6 Å².